The maximum atomic E-state index is 12.5. The summed E-state index contributed by atoms with van der Waals surface area (Å²) in [5.41, 5.74) is 6.00. The van der Waals surface area contributed by atoms with E-state index < -0.39 is 5.60 Å². The van der Waals surface area contributed by atoms with Gasteiger partial charge in [0.25, 0.3) is 0 Å². The lowest BCUT2D eigenvalue weighted by Gasteiger charge is -2.43. The average molecular weight is 372 g/mol. The molecule has 0 aromatic heterocycles. The first-order valence-electron chi connectivity index (χ1n) is 10.0. The molecule has 3 rings (SSSR count). The Balaban J connectivity index is 1.86. The number of carbonyl (C=O) groups is 1. The van der Waals surface area contributed by atoms with Gasteiger partial charge in [-0.3, -0.25) is 4.99 Å². The minimum absolute atomic E-state index is 0.212. The van der Waals surface area contributed by atoms with Crippen LogP contribution in [0.15, 0.2) is 39.6 Å². The van der Waals surface area contributed by atoms with Gasteiger partial charge in [-0.1, -0.05) is 12.2 Å². The lowest BCUT2D eigenvalue weighted by molar-refractivity contribution is 0.0103. The first-order valence-corrected chi connectivity index (χ1v) is 10.0. The maximum Gasteiger partial charge on any atom is 0.410 e. The molecule has 1 amide bonds. The summed E-state index contributed by atoms with van der Waals surface area (Å²) in [7, 11) is 0. The van der Waals surface area contributed by atoms with Crippen molar-refractivity contribution in [3.8, 4) is 0 Å². The van der Waals surface area contributed by atoms with E-state index in [1.165, 1.54) is 28.1 Å². The van der Waals surface area contributed by atoms with Crippen LogP contribution in [0.2, 0.25) is 0 Å². The fraction of sp³-hybridized carbons (Fsp3) is 0.636. The summed E-state index contributed by atoms with van der Waals surface area (Å²) >= 11 is 0. The van der Waals surface area contributed by atoms with Crippen molar-refractivity contribution in [2.24, 2.45) is 4.99 Å². The zero-order chi connectivity index (χ0) is 19.8. The SMILES string of the molecule is CC1=CCCC2=NCC=C(C)C(N3CCN(C(=O)OC(C)(C)C)C[C@@H]3C)=C12. The van der Waals surface area contributed by atoms with E-state index in [-0.39, 0.29) is 12.1 Å². The summed E-state index contributed by atoms with van der Waals surface area (Å²) in [4.78, 5) is 21.6. The molecule has 1 fully saturated rings. The summed E-state index contributed by atoms with van der Waals surface area (Å²) in [5.74, 6) is 0. The molecule has 5 nitrogen and oxygen atoms in total. The van der Waals surface area contributed by atoms with Crippen molar-refractivity contribution < 1.29 is 9.53 Å². The summed E-state index contributed by atoms with van der Waals surface area (Å²) in [6.07, 6.45) is 6.44. The first-order chi connectivity index (χ1) is 12.7. The van der Waals surface area contributed by atoms with E-state index in [1.54, 1.807) is 0 Å². The Morgan fingerprint density at radius 3 is 2.59 bits per heavy atom. The van der Waals surface area contributed by atoms with E-state index >= 15 is 0 Å². The second-order valence-corrected chi connectivity index (χ2v) is 8.79. The molecule has 3 aliphatic rings. The Hall–Kier alpha value is -2.04. The van der Waals surface area contributed by atoms with Crippen LogP contribution in [0.5, 0.6) is 0 Å². The van der Waals surface area contributed by atoms with Crippen molar-refractivity contribution in [2.75, 3.05) is 26.2 Å². The zero-order valence-corrected chi connectivity index (χ0v) is 17.6. The van der Waals surface area contributed by atoms with Crippen molar-refractivity contribution in [1.82, 2.24) is 9.80 Å². The van der Waals surface area contributed by atoms with Gasteiger partial charge in [-0.2, -0.15) is 0 Å². The first kappa shape index (κ1) is 19.7. The van der Waals surface area contributed by atoms with E-state index in [1.807, 2.05) is 25.7 Å². The molecule has 2 heterocycles. The number of amides is 1. The summed E-state index contributed by atoms with van der Waals surface area (Å²) < 4.78 is 5.57. The molecule has 2 aliphatic heterocycles. The lowest BCUT2D eigenvalue weighted by atomic mass is 9.88. The fourth-order valence-electron chi connectivity index (χ4n) is 4.10. The van der Waals surface area contributed by atoms with E-state index in [9.17, 15) is 4.79 Å². The van der Waals surface area contributed by atoms with Crippen LogP contribution >= 0.6 is 0 Å². The maximum absolute atomic E-state index is 12.5. The van der Waals surface area contributed by atoms with Crippen molar-refractivity contribution in [3.63, 3.8) is 0 Å². The van der Waals surface area contributed by atoms with Crippen LogP contribution in [0, 0.1) is 0 Å². The van der Waals surface area contributed by atoms with Gasteiger partial charge in [0.2, 0.25) is 0 Å². The Morgan fingerprint density at radius 2 is 1.93 bits per heavy atom. The van der Waals surface area contributed by atoms with Crippen LogP contribution in [0.4, 0.5) is 4.79 Å². The Kier molecular flexibility index (Phi) is 5.50. The van der Waals surface area contributed by atoms with Crippen LogP contribution in [0.1, 0.15) is 54.4 Å². The van der Waals surface area contributed by atoms with E-state index in [0.717, 1.165) is 25.9 Å². The highest BCUT2D eigenvalue weighted by molar-refractivity contribution is 6.06. The summed E-state index contributed by atoms with van der Waals surface area (Å²) in [5, 5.41) is 0. The quantitative estimate of drug-likeness (QED) is 0.689. The average Bonchev–Trinajstić information content (AvgIpc) is 2.73. The van der Waals surface area contributed by atoms with Gasteiger partial charge in [0, 0.05) is 42.7 Å². The van der Waals surface area contributed by atoms with Crippen LogP contribution in [0.25, 0.3) is 0 Å². The van der Waals surface area contributed by atoms with Gasteiger partial charge in [0.15, 0.2) is 0 Å². The molecule has 1 atom stereocenters. The third-order valence-electron chi connectivity index (χ3n) is 5.37. The number of rotatable bonds is 1. The van der Waals surface area contributed by atoms with E-state index in [0.29, 0.717) is 13.1 Å². The number of aliphatic imine (C=N–C) groups is 1. The van der Waals surface area contributed by atoms with Gasteiger partial charge in [-0.25, -0.2) is 4.79 Å². The molecule has 148 valence electrons. The highest BCUT2D eigenvalue weighted by Crippen LogP contribution is 2.34. The standard InChI is InChI=1S/C22H33N3O2/c1-15-8-7-9-18-19(15)20(16(2)10-11-23-18)25-13-12-24(14-17(25)3)21(26)27-22(4,5)6/h8,10,17H,7,9,11-14H2,1-6H3/t17-/m0/s1. The number of ether oxygens (including phenoxy) is 1. The largest absolute Gasteiger partial charge is 0.444 e. The molecule has 0 unspecified atom stereocenters. The Morgan fingerprint density at radius 1 is 1.19 bits per heavy atom. The fourth-order valence-corrected chi connectivity index (χ4v) is 4.10. The third kappa shape index (κ3) is 4.28. The molecule has 0 N–H and O–H groups in total. The van der Waals surface area contributed by atoms with E-state index in [2.05, 4.69) is 37.8 Å². The smallest absolute Gasteiger partial charge is 0.410 e. The Bertz CT molecular complexity index is 737. The Labute approximate surface area is 163 Å². The molecule has 5 heteroatoms. The molecule has 0 bridgehead atoms. The number of allylic oxidation sites excluding steroid dienone is 4. The van der Waals surface area contributed by atoms with Gasteiger partial charge in [-0.05, 0) is 65.5 Å². The summed E-state index contributed by atoms with van der Waals surface area (Å²) in [6, 6.07) is 0.228. The number of piperazine rings is 1. The molecule has 1 aliphatic carbocycles. The normalized spacial score (nSPS) is 23.9. The van der Waals surface area contributed by atoms with Crippen molar-refractivity contribution in [1.29, 1.82) is 0 Å². The predicted molar refractivity (Wildman–Crippen MR) is 110 cm³/mol. The van der Waals surface area contributed by atoms with Crippen molar-refractivity contribution in [3.05, 3.63) is 34.6 Å². The lowest BCUT2D eigenvalue weighted by Crippen LogP contribution is -2.54. The molecular formula is C22H33N3O2. The molecule has 0 spiro atoms. The number of carbonyl (C=O) groups excluding carboxylic acids is 1. The minimum atomic E-state index is -0.460. The molecule has 27 heavy (non-hydrogen) atoms. The second kappa shape index (κ2) is 7.53. The predicted octanol–water partition coefficient (Wildman–Crippen LogP) is 4.32. The topological polar surface area (TPSA) is 45.1 Å². The van der Waals surface area contributed by atoms with Gasteiger partial charge >= 0.3 is 6.09 Å². The molecule has 0 aromatic carbocycles. The molecular weight excluding hydrogens is 338 g/mol. The van der Waals surface area contributed by atoms with E-state index in [4.69, 9.17) is 9.73 Å². The number of fused-ring (bicyclic) bond motifs is 1. The van der Waals surface area contributed by atoms with Crippen LogP contribution in [-0.2, 0) is 4.74 Å². The number of nitrogens with zero attached hydrogens (tertiary/aromatic N) is 3. The number of hydrogen-bond donors (Lipinski definition) is 0. The van der Waals surface area contributed by atoms with Crippen LogP contribution in [-0.4, -0.2) is 59.4 Å². The van der Waals surface area contributed by atoms with Crippen LogP contribution < -0.4 is 0 Å². The highest BCUT2D eigenvalue weighted by atomic mass is 16.6. The monoisotopic (exact) mass is 371 g/mol. The van der Waals surface area contributed by atoms with Gasteiger partial charge in [-0.15, -0.1) is 0 Å². The zero-order valence-electron chi connectivity index (χ0n) is 17.6. The number of hydrogen-bond acceptors (Lipinski definition) is 4. The molecule has 0 aromatic rings. The molecule has 1 saturated heterocycles. The van der Waals surface area contributed by atoms with Gasteiger partial charge < -0.3 is 14.5 Å². The van der Waals surface area contributed by atoms with Gasteiger partial charge in [0.05, 0.1) is 6.54 Å². The molecule has 0 saturated carbocycles. The van der Waals surface area contributed by atoms with Crippen LogP contribution in [0.3, 0.4) is 0 Å². The summed E-state index contributed by atoms with van der Waals surface area (Å²) in [6.45, 7) is 15.2. The van der Waals surface area contributed by atoms with Crippen molar-refractivity contribution >= 4 is 11.8 Å². The van der Waals surface area contributed by atoms with Gasteiger partial charge in [0.1, 0.15) is 5.60 Å². The second-order valence-electron chi connectivity index (χ2n) is 8.79. The third-order valence-corrected chi connectivity index (χ3v) is 5.37. The highest BCUT2D eigenvalue weighted by Gasteiger charge is 2.33. The van der Waals surface area contributed by atoms with Crippen molar-refractivity contribution in [2.45, 2.75) is 66.0 Å². The molecule has 0 radical (unpaired) electrons. The minimum Gasteiger partial charge on any atom is -0.444 e.